The summed E-state index contributed by atoms with van der Waals surface area (Å²) < 4.78 is 0. The molecule has 0 saturated carbocycles. The first-order chi connectivity index (χ1) is 13.0. The molecule has 0 saturated heterocycles. The maximum Gasteiger partial charge on any atom is 0.251 e. The number of carbonyl (C=O) groups is 2. The van der Waals surface area contributed by atoms with Crippen molar-refractivity contribution >= 4 is 40.4 Å². The second-order valence-corrected chi connectivity index (χ2v) is 7.30. The maximum atomic E-state index is 12.3. The van der Waals surface area contributed by atoms with Crippen molar-refractivity contribution in [3.05, 3.63) is 80.8 Å². The van der Waals surface area contributed by atoms with Gasteiger partial charge in [0.05, 0.1) is 17.1 Å². The number of rotatable bonds is 6. The summed E-state index contributed by atoms with van der Waals surface area (Å²) in [4.78, 5) is 28.5. The molecule has 0 atom stereocenters. The van der Waals surface area contributed by atoms with E-state index in [0.29, 0.717) is 22.7 Å². The molecule has 7 heteroatoms. The molecule has 5 nitrogen and oxygen atoms in total. The molecule has 2 amide bonds. The Morgan fingerprint density at radius 2 is 1.96 bits per heavy atom. The highest BCUT2D eigenvalue weighted by Crippen LogP contribution is 2.18. The summed E-state index contributed by atoms with van der Waals surface area (Å²) in [6.07, 6.45) is 0.858. The number of aromatic nitrogens is 1. The van der Waals surface area contributed by atoms with E-state index in [9.17, 15) is 9.59 Å². The molecule has 0 aliphatic rings. The van der Waals surface area contributed by atoms with Gasteiger partial charge in [0.2, 0.25) is 5.91 Å². The van der Waals surface area contributed by atoms with E-state index in [1.165, 1.54) is 11.3 Å². The lowest BCUT2D eigenvalue weighted by Crippen LogP contribution is -2.19. The Kier molecular flexibility index (Phi) is 6.21. The van der Waals surface area contributed by atoms with E-state index in [-0.39, 0.29) is 18.2 Å². The smallest absolute Gasteiger partial charge is 0.251 e. The van der Waals surface area contributed by atoms with E-state index in [1.54, 1.807) is 31.3 Å². The zero-order valence-electron chi connectivity index (χ0n) is 14.7. The predicted octanol–water partition coefficient (Wildman–Crippen LogP) is 3.93. The lowest BCUT2D eigenvalue weighted by Gasteiger charge is -2.06. The number of hydrogen-bond donors (Lipinski definition) is 2. The molecule has 3 rings (SSSR count). The molecule has 0 unspecified atom stereocenters. The average molecular weight is 400 g/mol. The summed E-state index contributed by atoms with van der Waals surface area (Å²) in [5.74, 6) is -0.375. The van der Waals surface area contributed by atoms with Crippen LogP contribution in [0.3, 0.4) is 0 Å². The van der Waals surface area contributed by atoms with Crippen molar-refractivity contribution in [2.45, 2.75) is 12.8 Å². The zero-order chi connectivity index (χ0) is 19.2. The molecule has 3 aromatic rings. The van der Waals surface area contributed by atoms with Crippen LogP contribution in [0.1, 0.15) is 26.6 Å². The highest BCUT2D eigenvalue weighted by molar-refractivity contribution is 7.09. The molecule has 0 aliphatic carbocycles. The van der Waals surface area contributed by atoms with E-state index in [0.717, 1.165) is 16.3 Å². The molecule has 2 aromatic carbocycles. The summed E-state index contributed by atoms with van der Waals surface area (Å²) in [5, 5.41) is 8.88. The minimum Gasteiger partial charge on any atom is -0.355 e. The van der Waals surface area contributed by atoms with Gasteiger partial charge in [-0.3, -0.25) is 9.59 Å². The Hall–Kier alpha value is -2.70. The van der Waals surface area contributed by atoms with Crippen LogP contribution in [-0.2, 0) is 17.6 Å². The molecule has 2 N–H and O–H groups in total. The Morgan fingerprint density at radius 3 is 2.74 bits per heavy atom. The average Bonchev–Trinajstić information content (AvgIpc) is 3.07. The van der Waals surface area contributed by atoms with Crippen molar-refractivity contribution < 1.29 is 9.59 Å². The molecule has 138 valence electrons. The van der Waals surface area contributed by atoms with Crippen LogP contribution in [0.25, 0.3) is 0 Å². The highest BCUT2D eigenvalue weighted by Gasteiger charge is 2.10. The minimum absolute atomic E-state index is 0.177. The van der Waals surface area contributed by atoms with Gasteiger partial charge >= 0.3 is 0 Å². The first-order valence-electron chi connectivity index (χ1n) is 8.33. The Labute approximate surface area is 166 Å². The van der Waals surface area contributed by atoms with E-state index in [2.05, 4.69) is 15.6 Å². The van der Waals surface area contributed by atoms with Crippen molar-refractivity contribution in [3.8, 4) is 0 Å². The Bertz CT molecular complexity index is 971. The molecule has 1 aromatic heterocycles. The molecule has 1 heterocycles. The second-order valence-electron chi connectivity index (χ2n) is 5.92. The number of nitrogens with one attached hydrogen (secondary N) is 2. The van der Waals surface area contributed by atoms with E-state index < -0.39 is 0 Å². The van der Waals surface area contributed by atoms with Crippen LogP contribution in [0.15, 0.2) is 53.9 Å². The van der Waals surface area contributed by atoms with Crippen LogP contribution in [0.2, 0.25) is 5.02 Å². The molecular weight excluding hydrogens is 382 g/mol. The fourth-order valence-corrected chi connectivity index (χ4v) is 3.63. The summed E-state index contributed by atoms with van der Waals surface area (Å²) in [5.41, 5.74) is 2.87. The number of thiazole rings is 1. The van der Waals surface area contributed by atoms with Crippen LogP contribution in [0.5, 0.6) is 0 Å². The van der Waals surface area contributed by atoms with Crippen LogP contribution in [-0.4, -0.2) is 23.8 Å². The zero-order valence-corrected chi connectivity index (χ0v) is 16.2. The monoisotopic (exact) mass is 399 g/mol. The van der Waals surface area contributed by atoms with Gasteiger partial charge in [0.15, 0.2) is 0 Å². The minimum atomic E-state index is -0.198. The topological polar surface area (TPSA) is 71.1 Å². The van der Waals surface area contributed by atoms with Gasteiger partial charge in [-0.2, -0.15) is 0 Å². The van der Waals surface area contributed by atoms with Crippen molar-refractivity contribution in [2.24, 2.45) is 0 Å². The largest absolute Gasteiger partial charge is 0.355 e. The number of hydrogen-bond acceptors (Lipinski definition) is 4. The van der Waals surface area contributed by atoms with Gasteiger partial charge in [-0.25, -0.2) is 4.98 Å². The Balaban J connectivity index is 1.60. The van der Waals surface area contributed by atoms with Gasteiger partial charge in [-0.15, -0.1) is 11.3 Å². The SMILES string of the molecule is CNC(=O)c1cccc(NC(=O)Cc2csc(Cc3cccc(Cl)c3)n2)c1. The quantitative estimate of drug-likeness (QED) is 0.659. The van der Waals surface area contributed by atoms with Gasteiger partial charge in [0.1, 0.15) is 0 Å². The van der Waals surface area contributed by atoms with Gasteiger partial charge in [0, 0.05) is 35.1 Å². The third kappa shape index (κ3) is 5.39. The van der Waals surface area contributed by atoms with Crippen LogP contribution < -0.4 is 10.6 Å². The molecule has 0 bridgehead atoms. The van der Waals surface area contributed by atoms with Gasteiger partial charge in [-0.05, 0) is 35.9 Å². The van der Waals surface area contributed by atoms with Crippen molar-refractivity contribution in [2.75, 3.05) is 12.4 Å². The van der Waals surface area contributed by atoms with E-state index in [4.69, 9.17) is 11.6 Å². The molecular formula is C20H18ClN3O2S. The number of nitrogens with zero attached hydrogens (tertiary/aromatic N) is 1. The number of halogens is 1. The molecule has 0 fully saturated rings. The predicted molar refractivity (Wildman–Crippen MR) is 109 cm³/mol. The number of carbonyl (C=O) groups excluding carboxylic acids is 2. The van der Waals surface area contributed by atoms with Crippen molar-refractivity contribution in [1.82, 2.24) is 10.3 Å². The molecule has 0 radical (unpaired) electrons. The highest BCUT2D eigenvalue weighted by atomic mass is 35.5. The summed E-state index contributed by atoms with van der Waals surface area (Å²) in [7, 11) is 1.57. The maximum absolute atomic E-state index is 12.3. The van der Waals surface area contributed by atoms with Gasteiger partial charge in [-0.1, -0.05) is 29.8 Å². The number of amides is 2. The summed E-state index contributed by atoms with van der Waals surface area (Å²) in [6, 6.07) is 14.5. The van der Waals surface area contributed by atoms with Crippen molar-refractivity contribution in [1.29, 1.82) is 0 Å². The first kappa shape index (κ1) is 19.1. The van der Waals surface area contributed by atoms with Crippen LogP contribution >= 0.6 is 22.9 Å². The lowest BCUT2D eigenvalue weighted by molar-refractivity contribution is -0.115. The standard InChI is InChI=1S/C20H18ClN3O2S/c1-22-20(26)14-5-3-7-16(10-14)23-18(25)11-17-12-27-19(24-17)9-13-4-2-6-15(21)8-13/h2-8,10,12H,9,11H2,1H3,(H,22,26)(H,23,25). The Morgan fingerprint density at radius 1 is 1.15 bits per heavy atom. The van der Waals surface area contributed by atoms with Crippen LogP contribution in [0, 0.1) is 0 Å². The first-order valence-corrected chi connectivity index (χ1v) is 9.59. The molecule has 27 heavy (non-hydrogen) atoms. The van der Waals surface area contributed by atoms with E-state index in [1.807, 2.05) is 29.6 Å². The second kappa shape index (κ2) is 8.79. The van der Waals surface area contributed by atoms with Gasteiger partial charge < -0.3 is 10.6 Å². The van der Waals surface area contributed by atoms with E-state index >= 15 is 0 Å². The van der Waals surface area contributed by atoms with Crippen molar-refractivity contribution in [3.63, 3.8) is 0 Å². The van der Waals surface area contributed by atoms with Gasteiger partial charge in [0.25, 0.3) is 5.91 Å². The third-order valence-corrected chi connectivity index (χ3v) is 4.95. The molecule has 0 aliphatic heterocycles. The fraction of sp³-hybridized carbons (Fsp3) is 0.150. The molecule has 0 spiro atoms. The lowest BCUT2D eigenvalue weighted by atomic mass is 10.1. The fourth-order valence-electron chi connectivity index (χ4n) is 2.59. The third-order valence-electron chi connectivity index (χ3n) is 3.82. The van der Waals surface area contributed by atoms with Crippen LogP contribution in [0.4, 0.5) is 5.69 Å². The summed E-state index contributed by atoms with van der Waals surface area (Å²) in [6.45, 7) is 0. The summed E-state index contributed by atoms with van der Waals surface area (Å²) >= 11 is 7.53. The number of benzene rings is 2. The normalized spacial score (nSPS) is 10.4. The number of anilines is 1.